The molecule has 1 saturated heterocycles. The molecule has 1 heterocycles. The van der Waals surface area contributed by atoms with Gasteiger partial charge in [0, 0.05) is 6.04 Å². The zero-order valence-corrected chi connectivity index (χ0v) is 13.8. The average molecular weight is 365 g/mol. The molecule has 1 aliphatic rings. The van der Waals surface area contributed by atoms with Crippen molar-refractivity contribution in [1.82, 2.24) is 5.32 Å². The third-order valence-corrected chi connectivity index (χ3v) is 5.73. The molecule has 2 amide bonds. The molecule has 2 N–H and O–H groups in total. The van der Waals surface area contributed by atoms with Gasteiger partial charge in [0.1, 0.15) is 6.42 Å². The molecule has 1 fully saturated rings. The molecule has 1 aromatic rings. The second-order valence-electron chi connectivity index (χ2n) is 4.99. The van der Waals surface area contributed by atoms with Gasteiger partial charge in [-0.15, -0.1) is 0 Å². The molecule has 0 bridgehead atoms. The van der Waals surface area contributed by atoms with E-state index in [1.165, 1.54) is 0 Å². The smallest absolute Gasteiger partial charge is 0.233 e. The zero-order chi connectivity index (χ0) is 16.3. The highest BCUT2D eigenvalue weighted by Gasteiger charge is 2.29. The van der Waals surface area contributed by atoms with Gasteiger partial charge in [0.25, 0.3) is 0 Å². The second-order valence-corrected chi connectivity index (χ2v) is 8.01. The Kier molecular flexibility index (Phi) is 5.31. The van der Waals surface area contributed by atoms with Crippen molar-refractivity contribution in [1.29, 1.82) is 0 Å². The molecule has 6 nitrogen and oxygen atoms in total. The fraction of sp³-hybridized carbons (Fsp3) is 0.385. The first-order valence-electron chi connectivity index (χ1n) is 6.50. The number of hydrogen-bond donors (Lipinski definition) is 2. The van der Waals surface area contributed by atoms with Crippen molar-refractivity contribution in [3.05, 3.63) is 28.2 Å². The summed E-state index contributed by atoms with van der Waals surface area (Å²) in [7, 11) is -3.08. The second kappa shape index (κ2) is 6.85. The number of anilines is 1. The minimum absolute atomic E-state index is 0.0578. The molecule has 0 aliphatic carbocycles. The summed E-state index contributed by atoms with van der Waals surface area (Å²) in [5.41, 5.74) is 0.315. The van der Waals surface area contributed by atoms with Crippen LogP contribution in [0.1, 0.15) is 12.8 Å². The van der Waals surface area contributed by atoms with Crippen molar-refractivity contribution in [2.45, 2.75) is 18.9 Å². The maximum atomic E-state index is 11.8. The van der Waals surface area contributed by atoms with E-state index in [0.29, 0.717) is 17.1 Å². The molecule has 0 saturated carbocycles. The minimum atomic E-state index is -3.08. The van der Waals surface area contributed by atoms with E-state index >= 15 is 0 Å². The van der Waals surface area contributed by atoms with Gasteiger partial charge in [-0.05, 0) is 18.6 Å². The predicted molar refractivity (Wildman–Crippen MR) is 84.9 cm³/mol. The van der Waals surface area contributed by atoms with Gasteiger partial charge in [-0.2, -0.15) is 0 Å². The van der Waals surface area contributed by atoms with Crippen molar-refractivity contribution < 1.29 is 18.0 Å². The summed E-state index contributed by atoms with van der Waals surface area (Å²) < 4.78 is 22.6. The van der Waals surface area contributed by atoms with Crippen LogP contribution < -0.4 is 10.6 Å². The summed E-state index contributed by atoms with van der Waals surface area (Å²) in [6, 6.07) is 4.33. The monoisotopic (exact) mass is 364 g/mol. The molecule has 1 aliphatic heterocycles. The van der Waals surface area contributed by atoms with Crippen LogP contribution in [0.5, 0.6) is 0 Å². The lowest BCUT2D eigenvalue weighted by atomic mass is 10.2. The van der Waals surface area contributed by atoms with E-state index in [1.807, 2.05) is 0 Å². The fourth-order valence-electron chi connectivity index (χ4n) is 2.13. The van der Waals surface area contributed by atoms with Crippen LogP contribution in [-0.4, -0.2) is 37.8 Å². The number of hydrogen-bond acceptors (Lipinski definition) is 4. The van der Waals surface area contributed by atoms with Crippen LogP contribution in [0.4, 0.5) is 5.69 Å². The number of rotatable bonds is 4. The molecule has 0 spiro atoms. The number of carbonyl (C=O) groups excluding carboxylic acids is 2. The predicted octanol–water partition coefficient (Wildman–Crippen LogP) is 1.63. The number of sulfone groups is 1. The summed E-state index contributed by atoms with van der Waals surface area (Å²) in [5.74, 6) is -1.11. The summed E-state index contributed by atoms with van der Waals surface area (Å²) in [5, 5.41) is 5.51. The van der Waals surface area contributed by atoms with Gasteiger partial charge < -0.3 is 10.6 Å². The van der Waals surface area contributed by atoms with Gasteiger partial charge in [-0.1, -0.05) is 29.3 Å². The van der Waals surface area contributed by atoms with Crippen LogP contribution in [0, 0.1) is 0 Å². The Hall–Kier alpha value is -1.31. The Morgan fingerprint density at radius 1 is 1.23 bits per heavy atom. The molecule has 22 heavy (non-hydrogen) atoms. The number of halogens is 2. The molecule has 1 aromatic carbocycles. The summed E-state index contributed by atoms with van der Waals surface area (Å²) in [6.07, 6.45) is -0.0464. The third-order valence-electron chi connectivity index (χ3n) is 3.14. The third kappa shape index (κ3) is 4.59. The summed E-state index contributed by atoms with van der Waals surface area (Å²) >= 11 is 11.8. The molecule has 2 rings (SSSR count). The Morgan fingerprint density at radius 3 is 2.59 bits per heavy atom. The van der Waals surface area contributed by atoms with Gasteiger partial charge in [0.2, 0.25) is 11.8 Å². The van der Waals surface area contributed by atoms with Gasteiger partial charge in [-0.25, -0.2) is 8.42 Å². The molecular weight excluding hydrogens is 351 g/mol. The molecule has 120 valence electrons. The van der Waals surface area contributed by atoms with Crippen LogP contribution in [0.15, 0.2) is 18.2 Å². The zero-order valence-electron chi connectivity index (χ0n) is 11.4. The van der Waals surface area contributed by atoms with Crippen LogP contribution in [0.25, 0.3) is 0 Å². The average Bonchev–Trinajstić information content (AvgIpc) is 2.74. The summed E-state index contributed by atoms with van der Waals surface area (Å²) in [6.45, 7) is 0. The summed E-state index contributed by atoms with van der Waals surface area (Å²) in [4.78, 5) is 23.5. The molecule has 9 heteroatoms. The molecule has 1 unspecified atom stereocenters. The van der Waals surface area contributed by atoms with Gasteiger partial charge in [0.15, 0.2) is 9.84 Å². The van der Waals surface area contributed by atoms with Gasteiger partial charge >= 0.3 is 0 Å². The topological polar surface area (TPSA) is 92.3 Å². The molecular formula is C13H14Cl2N2O4S. The normalized spacial score (nSPS) is 19.6. The highest BCUT2D eigenvalue weighted by atomic mass is 35.5. The molecule has 0 radical (unpaired) electrons. The van der Waals surface area contributed by atoms with Crippen LogP contribution in [-0.2, 0) is 19.4 Å². The lowest BCUT2D eigenvalue weighted by Crippen LogP contribution is -2.37. The van der Waals surface area contributed by atoms with Crippen LogP contribution >= 0.6 is 23.2 Å². The largest absolute Gasteiger partial charge is 0.352 e. The number of benzene rings is 1. The number of carbonyl (C=O) groups is 2. The van der Waals surface area contributed by atoms with Crippen molar-refractivity contribution in [2.24, 2.45) is 0 Å². The SMILES string of the molecule is O=C(CC(=O)NC1CCS(=O)(=O)C1)Nc1cccc(Cl)c1Cl. The highest BCUT2D eigenvalue weighted by Crippen LogP contribution is 2.29. The number of amides is 2. The maximum absolute atomic E-state index is 11.8. The van der Waals surface area contributed by atoms with E-state index in [9.17, 15) is 18.0 Å². The first kappa shape index (κ1) is 17.1. The van der Waals surface area contributed by atoms with E-state index < -0.39 is 34.1 Å². The first-order chi connectivity index (χ1) is 10.3. The van der Waals surface area contributed by atoms with E-state index in [2.05, 4.69) is 10.6 Å². The Labute approximate surface area is 138 Å². The number of nitrogens with one attached hydrogen (secondary N) is 2. The van der Waals surface area contributed by atoms with Crippen LogP contribution in [0.3, 0.4) is 0 Å². The van der Waals surface area contributed by atoms with E-state index in [1.54, 1.807) is 18.2 Å². The first-order valence-corrected chi connectivity index (χ1v) is 9.08. The molecule has 0 aromatic heterocycles. The lowest BCUT2D eigenvalue weighted by Gasteiger charge is -2.11. The van der Waals surface area contributed by atoms with Gasteiger partial charge in [-0.3, -0.25) is 9.59 Å². The minimum Gasteiger partial charge on any atom is -0.352 e. The highest BCUT2D eigenvalue weighted by molar-refractivity contribution is 7.91. The van der Waals surface area contributed by atoms with Crippen molar-refractivity contribution in [2.75, 3.05) is 16.8 Å². The van der Waals surface area contributed by atoms with Gasteiger partial charge in [0.05, 0.1) is 27.2 Å². The van der Waals surface area contributed by atoms with E-state index in [4.69, 9.17) is 23.2 Å². The Bertz CT molecular complexity index is 706. The maximum Gasteiger partial charge on any atom is 0.233 e. The van der Waals surface area contributed by atoms with Crippen molar-refractivity contribution in [3.63, 3.8) is 0 Å². The fourth-order valence-corrected chi connectivity index (χ4v) is 4.15. The van der Waals surface area contributed by atoms with E-state index in [-0.39, 0.29) is 16.5 Å². The standard InChI is InChI=1S/C13H14Cl2N2O4S/c14-9-2-1-3-10(13(9)15)17-12(19)6-11(18)16-8-4-5-22(20,21)7-8/h1-3,8H,4-7H2,(H,16,18)(H,17,19). The lowest BCUT2D eigenvalue weighted by molar-refractivity contribution is -0.127. The quantitative estimate of drug-likeness (QED) is 0.794. The van der Waals surface area contributed by atoms with E-state index in [0.717, 1.165) is 0 Å². The van der Waals surface area contributed by atoms with Crippen molar-refractivity contribution >= 4 is 50.5 Å². The molecule has 1 atom stereocenters. The van der Waals surface area contributed by atoms with Crippen molar-refractivity contribution in [3.8, 4) is 0 Å². The van der Waals surface area contributed by atoms with Crippen LogP contribution in [0.2, 0.25) is 10.0 Å². The Morgan fingerprint density at radius 2 is 1.95 bits per heavy atom. The Balaban J connectivity index is 1.87.